The summed E-state index contributed by atoms with van der Waals surface area (Å²) in [5, 5.41) is 2.62. The maximum Gasteiger partial charge on any atom is 0.135 e. The predicted molar refractivity (Wildman–Crippen MR) is 59.1 cm³/mol. The van der Waals surface area contributed by atoms with E-state index in [4.69, 9.17) is 5.73 Å². The summed E-state index contributed by atoms with van der Waals surface area (Å²) in [6.07, 6.45) is 0.595. The van der Waals surface area contributed by atoms with Crippen molar-refractivity contribution in [1.82, 2.24) is 0 Å². The second-order valence-corrected chi connectivity index (χ2v) is 4.50. The Morgan fingerprint density at radius 3 is 2.93 bits per heavy atom. The van der Waals surface area contributed by atoms with E-state index in [0.29, 0.717) is 17.4 Å². The van der Waals surface area contributed by atoms with Gasteiger partial charge in [0.2, 0.25) is 0 Å². The lowest BCUT2D eigenvalue weighted by molar-refractivity contribution is 0.607. The summed E-state index contributed by atoms with van der Waals surface area (Å²) in [6.45, 7) is 1.89. The quantitative estimate of drug-likeness (QED) is 0.808. The third kappa shape index (κ3) is 1.65. The number of hydrogen-bond donors (Lipinski definition) is 1. The van der Waals surface area contributed by atoms with E-state index in [1.54, 1.807) is 11.3 Å². The summed E-state index contributed by atoms with van der Waals surface area (Å²) >= 11 is 1.56. The van der Waals surface area contributed by atoms with E-state index in [9.17, 15) is 4.39 Å². The van der Waals surface area contributed by atoms with E-state index in [2.05, 4.69) is 0 Å². The van der Waals surface area contributed by atoms with Gasteiger partial charge in [0, 0.05) is 16.1 Å². The van der Waals surface area contributed by atoms with Crippen molar-refractivity contribution in [2.45, 2.75) is 19.4 Å². The smallest absolute Gasteiger partial charge is 0.135 e. The fraction of sp³-hybridized carbons (Fsp3) is 0.273. The van der Waals surface area contributed by atoms with Gasteiger partial charge >= 0.3 is 0 Å². The number of halogens is 1. The second-order valence-electron chi connectivity index (χ2n) is 3.55. The fourth-order valence-corrected chi connectivity index (χ4v) is 2.34. The Morgan fingerprint density at radius 2 is 2.21 bits per heavy atom. The molecule has 0 bridgehead atoms. The van der Waals surface area contributed by atoms with Gasteiger partial charge in [-0.05, 0) is 36.4 Å². The van der Waals surface area contributed by atoms with Crippen LogP contribution >= 0.6 is 11.3 Å². The maximum absolute atomic E-state index is 13.8. The highest BCUT2D eigenvalue weighted by Gasteiger charge is 2.09. The molecule has 0 aliphatic rings. The molecule has 1 aromatic heterocycles. The lowest BCUT2D eigenvalue weighted by Gasteiger charge is -2.06. The van der Waals surface area contributed by atoms with Gasteiger partial charge in [-0.3, -0.25) is 0 Å². The molecule has 0 radical (unpaired) electrons. The summed E-state index contributed by atoms with van der Waals surface area (Å²) < 4.78 is 14.8. The Morgan fingerprint density at radius 1 is 1.43 bits per heavy atom. The first-order chi connectivity index (χ1) is 6.68. The van der Waals surface area contributed by atoms with Crippen molar-refractivity contribution in [3.05, 3.63) is 35.0 Å². The van der Waals surface area contributed by atoms with Crippen LogP contribution in [0.2, 0.25) is 0 Å². The molecule has 3 heteroatoms. The van der Waals surface area contributed by atoms with Crippen molar-refractivity contribution >= 4 is 21.4 Å². The molecule has 74 valence electrons. The Balaban J connectivity index is 2.51. The first-order valence-corrected chi connectivity index (χ1v) is 5.46. The molecule has 0 aliphatic carbocycles. The van der Waals surface area contributed by atoms with E-state index in [1.165, 1.54) is 0 Å². The molecule has 1 unspecified atom stereocenters. The Labute approximate surface area is 86.4 Å². The molecule has 0 saturated heterocycles. The SMILES string of the molecule is CC(N)Cc1ccc2sccc2c1F. The van der Waals surface area contributed by atoms with E-state index < -0.39 is 0 Å². The van der Waals surface area contributed by atoms with E-state index in [0.717, 1.165) is 4.70 Å². The Kier molecular flexibility index (Phi) is 2.52. The number of thiophene rings is 1. The molecule has 1 atom stereocenters. The number of fused-ring (bicyclic) bond motifs is 1. The van der Waals surface area contributed by atoms with Crippen LogP contribution in [0.15, 0.2) is 23.6 Å². The van der Waals surface area contributed by atoms with Gasteiger partial charge in [-0.15, -0.1) is 11.3 Å². The molecule has 0 aliphatic heterocycles. The van der Waals surface area contributed by atoms with Crippen LogP contribution in [0.1, 0.15) is 12.5 Å². The third-order valence-electron chi connectivity index (χ3n) is 2.19. The van der Waals surface area contributed by atoms with Gasteiger partial charge in [0.25, 0.3) is 0 Å². The topological polar surface area (TPSA) is 26.0 Å². The molecule has 0 saturated carbocycles. The van der Waals surface area contributed by atoms with Gasteiger partial charge in [-0.25, -0.2) is 4.39 Å². The lowest BCUT2D eigenvalue weighted by atomic mass is 10.1. The number of benzene rings is 1. The summed E-state index contributed by atoms with van der Waals surface area (Å²) in [5.41, 5.74) is 6.36. The maximum atomic E-state index is 13.8. The van der Waals surface area contributed by atoms with Crippen LogP contribution in [0, 0.1) is 5.82 Å². The van der Waals surface area contributed by atoms with Gasteiger partial charge in [-0.1, -0.05) is 6.07 Å². The molecule has 0 spiro atoms. The van der Waals surface area contributed by atoms with E-state index in [-0.39, 0.29) is 11.9 Å². The minimum atomic E-state index is -0.110. The minimum Gasteiger partial charge on any atom is -0.328 e. The van der Waals surface area contributed by atoms with Crippen LogP contribution in [-0.4, -0.2) is 6.04 Å². The lowest BCUT2D eigenvalue weighted by Crippen LogP contribution is -2.18. The van der Waals surface area contributed by atoms with Gasteiger partial charge in [0.1, 0.15) is 5.82 Å². The van der Waals surface area contributed by atoms with E-state index in [1.807, 2.05) is 30.5 Å². The molecule has 2 rings (SSSR count). The molecule has 1 nitrogen and oxygen atoms in total. The zero-order valence-corrected chi connectivity index (χ0v) is 8.77. The predicted octanol–water partition coefficient (Wildman–Crippen LogP) is 2.93. The molecular weight excluding hydrogens is 197 g/mol. The first kappa shape index (κ1) is 9.62. The average Bonchev–Trinajstić information content (AvgIpc) is 2.57. The van der Waals surface area contributed by atoms with Gasteiger partial charge < -0.3 is 5.73 Å². The number of hydrogen-bond acceptors (Lipinski definition) is 2. The van der Waals surface area contributed by atoms with Crippen LogP contribution in [0.4, 0.5) is 4.39 Å². The first-order valence-electron chi connectivity index (χ1n) is 4.58. The van der Waals surface area contributed by atoms with Crippen LogP contribution in [0.5, 0.6) is 0 Å². The molecular formula is C11H12FNS. The van der Waals surface area contributed by atoms with Crippen molar-refractivity contribution in [2.24, 2.45) is 5.73 Å². The minimum absolute atomic E-state index is 0.000542. The van der Waals surface area contributed by atoms with E-state index >= 15 is 0 Å². The summed E-state index contributed by atoms with van der Waals surface area (Å²) in [4.78, 5) is 0. The van der Waals surface area contributed by atoms with Gasteiger partial charge in [0.15, 0.2) is 0 Å². The van der Waals surface area contributed by atoms with Crippen LogP contribution < -0.4 is 5.73 Å². The molecule has 0 amide bonds. The van der Waals surface area contributed by atoms with Gasteiger partial charge in [0.05, 0.1) is 0 Å². The monoisotopic (exact) mass is 209 g/mol. The highest BCUT2D eigenvalue weighted by Crippen LogP contribution is 2.26. The highest BCUT2D eigenvalue weighted by molar-refractivity contribution is 7.17. The molecule has 1 aromatic carbocycles. The normalized spacial score (nSPS) is 13.4. The second kappa shape index (κ2) is 3.67. The zero-order chi connectivity index (χ0) is 10.1. The summed E-state index contributed by atoms with van der Waals surface area (Å²) in [7, 11) is 0. The van der Waals surface area contributed by atoms with Gasteiger partial charge in [-0.2, -0.15) is 0 Å². The summed E-state index contributed by atoms with van der Waals surface area (Å²) in [6, 6.07) is 5.61. The van der Waals surface area contributed by atoms with Crippen molar-refractivity contribution in [3.8, 4) is 0 Å². The largest absolute Gasteiger partial charge is 0.328 e. The Hall–Kier alpha value is -0.930. The molecule has 2 N–H and O–H groups in total. The molecule has 0 fully saturated rings. The third-order valence-corrected chi connectivity index (χ3v) is 3.07. The molecule has 2 aromatic rings. The van der Waals surface area contributed by atoms with Crippen molar-refractivity contribution in [2.75, 3.05) is 0 Å². The number of nitrogens with two attached hydrogens (primary N) is 1. The van der Waals surface area contributed by atoms with Crippen LogP contribution in [-0.2, 0) is 6.42 Å². The average molecular weight is 209 g/mol. The van der Waals surface area contributed by atoms with Crippen molar-refractivity contribution in [1.29, 1.82) is 0 Å². The molecule has 14 heavy (non-hydrogen) atoms. The standard InChI is InChI=1S/C11H12FNS/c1-7(13)6-8-2-3-10-9(11(8)12)4-5-14-10/h2-5,7H,6,13H2,1H3. The van der Waals surface area contributed by atoms with Crippen molar-refractivity contribution < 1.29 is 4.39 Å². The zero-order valence-electron chi connectivity index (χ0n) is 7.96. The van der Waals surface area contributed by atoms with Crippen LogP contribution in [0.25, 0.3) is 10.1 Å². The summed E-state index contributed by atoms with van der Waals surface area (Å²) in [5.74, 6) is -0.110. The van der Waals surface area contributed by atoms with Crippen LogP contribution in [0.3, 0.4) is 0 Å². The molecule has 1 heterocycles. The fourth-order valence-electron chi connectivity index (χ4n) is 1.56. The highest BCUT2D eigenvalue weighted by atomic mass is 32.1. The number of rotatable bonds is 2. The Bertz CT molecular complexity index is 447. The van der Waals surface area contributed by atoms with Crippen molar-refractivity contribution in [3.63, 3.8) is 0 Å².